The minimum Gasteiger partial charge on any atom is -0.408 e. The summed E-state index contributed by atoms with van der Waals surface area (Å²) in [6.07, 6.45) is 0. The molecule has 7 heteroatoms. The molecule has 0 aliphatic carbocycles. The predicted molar refractivity (Wildman–Crippen MR) is 90.6 cm³/mol. The van der Waals surface area contributed by atoms with Crippen LogP contribution in [0.4, 0.5) is 0 Å². The Labute approximate surface area is 145 Å². The minimum atomic E-state index is -0.591. The first-order chi connectivity index (χ1) is 10.4. The van der Waals surface area contributed by atoms with Crippen LogP contribution >= 0.6 is 46.4 Å². The lowest BCUT2D eigenvalue weighted by Crippen LogP contribution is -2.08. The Kier molecular flexibility index (Phi) is 4.17. The van der Waals surface area contributed by atoms with Crippen LogP contribution in [-0.4, -0.2) is 4.57 Å². The van der Waals surface area contributed by atoms with Crippen LogP contribution in [0.5, 0.6) is 0 Å². The molecule has 0 bridgehead atoms. The number of oxazole rings is 1. The first kappa shape index (κ1) is 15.8. The lowest BCUT2D eigenvalue weighted by Gasteiger charge is -2.14. The van der Waals surface area contributed by atoms with Crippen LogP contribution in [0.25, 0.3) is 11.1 Å². The van der Waals surface area contributed by atoms with Crippen LogP contribution in [0, 0.1) is 0 Å². The molecule has 3 nitrogen and oxygen atoms in total. The maximum atomic E-state index is 11.6. The summed E-state index contributed by atoms with van der Waals surface area (Å²) in [5, 5.41) is 0.800. The van der Waals surface area contributed by atoms with Crippen LogP contribution in [0.3, 0.4) is 0 Å². The van der Waals surface area contributed by atoms with E-state index in [-0.39, 0.29) is 0 Å². The Bertz CT molecular complexity index is 929. The number of halogens is 4. The van der Waals surface area contributed by atoms with Crippen LogP contribution in [0.1, 0.15) is 16.5 Å². The summed E-state index contributed by atoms with van der Waals surface area (Å²) < 4.78 is 6.54. The van der Waals surface area contributed by atoms with E-state index in [1.54, 1.807) is 37.4 Å². The molecule has 114 valence electrons. The number of hydrogen-bond donors (Lipinski definition) is 0. The first-order valence-electron chi connectivity index (χ1n) is 6.26. The zero-order chi connectivity index (χ0) is 16.0. The van der Waals surface area contributed by atoms with E-state index in [1.807, 2.05) is 0 Å². The lowest BCUT2D eigenvalue weighted by molar-refractivity contribution is 0.528. The van der Waals surface area contributed by atoms with Crippen LogP contribution < -0.4 is 5.76 Å². The third-order valence-corrected chi connectivity index (χ3v) is 4.78. The van der Waals surface area contributed by atoms with Gasteiger partial charge in [-0.05, 0) is 35.4 Å². The second-order valence-corrected chi connectivity index (χ2v) is 6.48. The second-order valence-electron chi connectivity index (χ2n) is 4.80. The number of nitrogens with zero attached hydrogens (tertiary/aromatic N) is 1. The Hall–Kier alpha value is -1.13. The van der Waals surface area contributed by atoms with Crippen molar-refractivity contribution in [1.29, 1.82) is 0 Å². The number of rotatable bonds is 2. The molecule has 0 N–H and O–H groups in total. The monoisotopic (exact) mass is 375 g/mol. The normalized spacial score (nSPS) is 12.8. The van der Waals surface area contributed by atoms with E-state index in [0.29, 0.717) is 37.3 Å². The summed E-state index contributed by atoms with van der Waals surface area (Å²) in [6, 6.07) is 8.36. The number of hydrogen-bond acceptors (Lipinski definition) is 2. The first-order valence-corrected chi connectivity index (χ1v) is 7.83. The van der Waals surface area contributed by atoms with Gasteiger partial charge in [-0.25, -0.2) is 4.79 Å². The molecule has 3 rings (SSSR count). The summed E-state index contributed by atoms with van der Waals surface area (Å²) >= 11 is 24.9. The number of alkyl halides is 1. The number of aryl methyl sites for hydroxylation is 1. The van der Waals surface area contributed by atoms with E-state index in [2.05, 4.69) is 0 Å². The van der Waals surface area contributed by atoms with E-state index >= 15 is 0 Å². The molecule has 1 heterocycles. The van der Waals surface area contributed by atoms with Gasteiger partial charge in [0.25, 0.3) is 0 Å². The van der Waals surface area contributed by atoms with Gasteiger partial charge in [0.2, 0.25) is 0 Å². The third-order valence-electron chi connectivity index (χ3n) is 3.42. The molecule has 1 aromatic heterocycles. The maximum Gasteiger partial charge on any atom is 0.419 e. The molecule has 0 fully saturated rings. The molecule has 0 amide bonds. The molecule has 0 aliphatic heterocycles. The average molecular weight is 377 g/mol. The Morgan fingerprint density at radius 3 is 2.41 bits per heavy atom. The highest BCUT2D eigenvalue weighted by Gasteiger charge is 2.20. The van der Waals surface area contributed by atoms with Gasteiger partial charge in [0, 0.05) is 22.1 Å². The highest BCUT2D eigenvalue weighted by atomic mass is 35.5. The van der Waals surface area contributed by atoms with Gasteiger partial charge in [0.1, 0.15) is 0 Å². The quantitative estimate of drug-likeness (QED) is 0.559. The summed E-state index contributed by atoms with van der Waals surface area (Å²) in [5.74, 6) is -0.459. The smallest absolute Gasteiger partial charge is 0.408 e. The zero-order valence-corrected chi connectivity index (χ0v) is 14.3. The fraction of sp³-hybridized carbons (Fsp3) is 0.133. The number of aromatic nitrogens is 1. The molecule has 1 atom stereocenters. The topological polar surface area (TPSA) is 35.1 Å². The Morgan fingerprint density at radius 1 is 1.05 bits per heavy atom. The summed E-state index contributed by atoms with van der Waals surface area (Å²) in [7, 11) is 1.61. The van der Waals surface area contributed by atoms with Gasteiger partial charge in [-0.15, -0.1) is 11.6 Å². The van der Waals surface area contributed by atoms with Crippen LogP contribution in [0.15, 0.2) is 39.5 Å². The van der Waals surface area contributed by atoms with Crippen molar-refractivity contribution in [3.05, 3.63) is 67.1 Å². The van der Waals surface area contributed by atoms with E-state index in [9.17, 15) is 4.79 Å². The van der Waals surface area contributed by atoms with Crippen molar-refractivity contribution in [2.75, 3.05) is 0 Å². The van der Waals surface area contributed by atoms with Crippen molar-refractivity contribution in [1.82, 2.24) is 4.57 Å². The average Bonchev–Trinajstić information content (AvgIpc) is 2.73. The highest BCUT2D eigenvalue weighted by molar-refractivity contribution is 6.37. The van der Waals surface area contributed by atoms with Gasteiger partial charge in [0.05, 0.1) is 10.9 Å². The molecule has 1 unspecified atom stereocenters. The van der Waals surface area contributed by atoms with Crippen molar-refractivity contribution < 1.29 is 4.42 Å². The Morgan fingerprint density at radius 2 is 1.73 bits per heavy atom. The molecular formula is C15H9Cl4NO2. The van der Waals surface area contributed by atoms with E-state index in [1.165, 1.54) is 4.57 Å². The van der Waals surface area contributed by atoms with E-state index in [4.69, 9.17) is 50.8 Å². The predicted octanol–water partition coefficient (Wildman–Crippen LogP) is 5.42. The summed E-state index contributed by atoms with van der Waals surface area (Å²) in [6.45, 7) is 0. The van der Waals surface area contributed by atoms with Crippen molar-refractivity contribution in [3.63, 3.8) is 0 Å². The van der Waals surface area contributed by atoms with Gasteiger partial charge in [-0.3, -0.25) is 4.57 Å². The van der Waals surface area contributed by atoms with Crippen molar-refractivity contribution in [3.8, 4) is 0 Å². The molecule has 0 aliphatic rings. The highest BCUT2D eigenvalue weighted by Crippen LogP contribution is 2.39. The fourth-order valence-electron chi connectivity index (χ4n) is 2.23. The number of benzene rings is 2. The van der Waals surface area contributed by atoms with E-state index in [0.717, 1.165) is 0 Å². The minimum absolute atomic E-state index is 0.419. The van der Waals surface area contributed by atoms with Crippen LogP contribution in [0.2, 0.25) is 15.1 Å². The van der Waals surface area contributed by atoms with Crippen LogP contribution in [-0.2, 0) is 7.05 Å². The molecule has 22 heavy (non-hydrogen) atoms. The summed E-state index contributed by atoms with van der Waals surface area (Å²) in [5.41, 5.74) is 2.30. The van der Waals surface area contributed by atoms with Crippen molar-refractivity contribution >= 4 is 57.5 Å². The second kappa shape index (κ2) is 5.82. The molecule has 0 spiro atoms. The SMILES string of the molecule is Cn1c(=O)oc2cc(C(Cl)c3ccc(Cl)cc3Cl)c(Cl)cc21. The Balaban J connectivity index is 2.16. The van der Waals surface area contributed by atoms with Gasteiger partial charge in [-0.2, -0.15) is 0 Å². The largest absolute Gasteiger partial charge is 0.419 e. The van der Waals surface area contributed by atoms with E-state index < -0.39 is 11.1 Å². The molecule has 0 saturated heterocycles. The zero-order valence-electron chi connectivity index (χ0n) is 11.2. The van der Waals surface area contributed by atoms with Crippen molar-refractivity contribution in [2.45, 2.75) is 5.38 Å². The van der Waals surface area contributed by atoms with Gasteiger partial charge in [0.15, 0.2) is 5.58 Å². The molecule has 0 saturated carbocycles. The lowest BCUT2D eigenvalue weighted by atomic mass is 10.0. The third kappa shape index (κ3) is 2.63. The standard InChI is InChI=1S/C15H9Cl4NO2/c1-20-12-6-11(18)9(5-13(12)22-15(20)21)14(19)8-3-2-7(16)4-10(8)17/h2-6,14H,1H3. The van der Waals surface area contributed by atoms with Gasteiger partial charge >= 0.3 is 5.76 Å². The van der Waals surface area contributed by atoms with Crippen molar-refractivity contribution in [2.24, 2.45) is 7.05 Å². The summed E-state index contributed by atoms with van der Waals surface area (Å²) in [4.78, 5) is 11.6. The molecule has 2 aromatic carbocycles. The number of fused-ring (bicyclic) bond motifs is 1. The molecular weight excluding hydrogens is 368 g/mol. The molecule has 3 aromatic rings. The molecule has 0 radical (unpaired) electrons. The van der Waals surface area contributed by atoms with Gasteiger partial charge < -0.3 is 4.42 Å². The fourth-order valence-corrected chi connectivity index (χ4v) is 3.50. The van der Waals surface area contributed by atoms with Gasteiger partial charge in [-0.1, -0.05) is 40.9 Å². The maximum absolute atomic E-state index is 11.6.